The fourth-order valence-corrected chi connectivity index (χ4v) is 2.32. The predicted molar refractivity (Wildman–Crippen MR) is 86.6 cm³/mol. The molecule has 0 saturated carbocycles. The second kappa shape index (κ2) is 6.78. The molecule has 8 heteroatoms. The highest BCUT2D eigenvalue weighted by Gasteiger charge is 2.19. The Morgan fingerprint density at radius 2 is 1.96 bits per heavy atom. The van der Waals surface area contributed by atoms with E-state index in [0.29, 0.717) is 22.9 Å². The molecule has 0 spiro atoms. The molecule has 2 aromatic carbocycles. The first kappa shape index (κ1) is 16.7. The standard InChI is InChI=1S/C17H13F2N3O3/c18-12-7-10(24)6-11(16(12)19)17(25)9-1-2-13-14(5-9)22-15(8-21-13)20-3-4-23/h1-2,5-8,23-24H,3-4H2,(H,20,22). The maximum atomic E-state index is 13.9. The fraction of sp³-hybridized carbons (Fsp3) is 0.118. The number of phenols is 1. The topological polar surface area (TPSA) is 95.3 Å². The van der Waals surface area contributed by atoms with Crippen LogP contribution in [0.5, 0.6) is 5.75 Å². The number of nitrogens with zero attached hydrogens (tertiary/aromatic N) is 2. The summed E-state index contributed by atoms with van der Waals surface area (Å²) < 4.78 is 27.3. The van der Waals surface area contributed by atoms with Gasteiger partial charge in [-0.1, -0.05) is 0 Å². The van der Waals surface area contributed by atoms with Crippen molar-refractivity contribution in [2.75, 3.05) is 18.5 Å². The Labute approximate surface area is 140 Å². The zero-order chi connectivity index (χ0) is 18.0. The summed E-state index contributed by atoms with van der Waals surface area (Å²) >= 11 is 0. The van der Waals surface area contributed by atoms with Crippen molar-refractivity contribution in [1.29, 1.82) is 0 Å². The lowest BCUT2D eigenvalue weighted by Gasteiger charge is -2.07. The largest absolute Gasteiger partial charge is 0.508 e. The first-order valence-electron chi connectivity index (χ1n) is 7.34. The van der Waals surface area contributed by atoms with E-state index in [-0.39, 0.29) is 18.7 Å². The molecule has 3 N–H and O–H groups in total. The van der Waals surface area contributed by atoms with E-state index in [1.807, 2.05) is 0 Å². The first-order chi connectivity index (χ1) is 12.0. The number of nitrogens with one attached hydrogen (secondary N) is 1. The number of rotatable bonds is 5. The summed E-state index contributed by atoms with van der Waals surface area (Å²) in [5.41, 5.74) is 0.382. The van der Waals surface area contributed by atoms with Gasteiger partial charge in [-0.3, -0.25) is 9.78 Å². The van der Waals surface area contributed by atoms with Crippen molar-refractivity contribution in [2.24, 2.45) is 0 Å². The maximum Gasteiger partial charge on any atom is 0.196 e. The third-order valence-corrected chi connectivity index (χ3v) is 3.48. The van der Waals surface area contributed by atoms with Gasteiger partial charge in [0, 0.05) is 18.2 Å². The van der Waals surface area contributed by atoms with Gasteiger partial charge in [0.25, 0.3) is 0 Å². The number of ketones is 1. The second-order valence-electron chi connectivity index (χ2n) is 5.23. The highest BCUT2D eigenvalue weighted by atomic mass is 19.2. The van der Waals surface area contributed by atoms with Crippen molar-refractivity contribution in [3.63, 3.8) is 0 Å². The Bertz CT molecular complexity index is 963. The zero-order valence-corrected chi connectivity index (χ0v) is 12.8. The van der Waals surface area contributed by atoms with Crippen LogP contribution >= 0.6 is 0 Å². The van der Waals surface area contributed by atoms with Crippen LogP contribution in [0, 0.1) is 11.6 Å². The van der Waals surface area contributed by atoms with E-state index >= 15 is 0 Å². The third kappa shape index (κ3) is 3.38. The van der Waals surface area contributed by atoms with Gasteiger partial charge in [-0.15, -0.1) is 0 Å². The van der Waals surface area contributed by atoms with Gasteiger partial charge in [0.15, 0.2) is 17.4 Å². The SMILES string of the molecule is O=C(c1ccc2ncc(NCCO)nc2c1)c1cc(O)cc(F)c1F. The number of halogens is 2. The van der Waals surface area contributed by atoms with Crippen LogP contribution in [0.15, 0.2) is 36.5 Å². The first-order valence-corrected chi connectivity index (χ1v) is 7.34. The minimum atomic E-state index is -1.33. The molecule has 3 aromatic rings. The molecule has 0 saturated heterocycles. The molecule has 6 nitrogen and oxygen atoms in total. The van der Waals surface area contributed by atoms with Crippen LogP contribution in [0.25, 0.3) is 11.0 Å². The Hall–Kier alpha value is -3.13. The molecule has 3 rings (SSSR count). The third-order valence-electron chi connectivity index (χ3n) is 3.48. The lowest BCUT2D eigenvalue weighted by molar-refractivity contribution is 0.103. The number of anilines is 1. The van der Waals surface area contributed by atoms with Gasteiger partial charge in [-0.2, -0.15) is 0 Å². The van der Waals surface area contributed by atoms with Crippen LogP contribution in [-0.2, 0) is 0 Å². The number of aliphatic hydroxyl groups excluding tert-OH is 1. The molecule has 0 aliphatic rings. The van der Waals surface area contributed by atoms with Crippen LogP contribution in [-0.4, -0.2) is 39.1 Å². The molecule has 0 radical (unpaired) electrons. The number of hydrogen-bond acceptors (Lipinski definition) is 6. The van der Waals surface area contributed by atoms with Crippen molar-refractivity contribution in [3.8, 4) is 5.75 Å². The molecule has 1 heterocycles. The summed E-state index contributed by atoms with van der Waals surface area (Å²) in [6, 6.07) is 5.81. The summed E-state index contributed by atoms with van der Waals surface area (Å²) in [6.45, 7) is 0.202. The van der Waals surface area contributed by atoms with Gasteiger partial charge >= 0.3 is 0 Å². The molecular weight excluding hydrogens is 332 g/mol. The van der Waals surface area contributed by atoms with Crippen molar-refractivity contribution in [3.05, 3.63) is 59.3 Å². The lowest BCUT2D eigenvalue weighted by Crippen LogP contribution is -2.08. The number of aromatic nitrogens is 2. The van der Waals surface area contributed by atoms with E-state index in [2.05, 4.69) is 15.3 Å². The van der Waals surface area contributed by atoms with E-state index < -0.39 is 28.7 Å². The summed E-state index contributed by atoms with van der Waals surface area (Å²) in [5, 5.41) is 21.0. The Morgan fingerprint density at radius 1 is 1.16 bits per heavy atom. The monoisotopic (exact) mass is 345 g/mol. The van der Waals surface area contributed by atoms with E-state index in [9.17, 15) is 18.7 Å². The predicted octanol–water partition coefficient (Wildman–Crippen LogP) is 2.25. The molecule has 0 aliphatic carbocycles. The molecule has 0 bridgehead atoms. The van der Waals surface area contributed by atoms with Gasteiger partial charge in [0.05, 0.1) is 29.4 Å². The van der Waals surface area contributed by atoms with Crippen LogP contribution in [0.4, 0.5) is 14.6 Å². The minimum Gasteiger partial charge on any atom is -0.508 e. The normalized spacial score (nSPS) is 10.8. The quantitative estimate of drug-likeness (QED) is 0.614. The summed E-state index contributed by atoms with van der Waals surface area (Å²) in [7, 11) is 0. The van der Waals surface area contributed by atoms with Crippen molar-refractivity contribution >= 4 is 22.6 Å². The molecule has 1 aromatic heterocycles. The van der Waals surface area contributed by atoms with Gasteiger partial charge in [0.2, 0.25) is 0 Å². The molecule has 25 heavy (non-hydrogen) atoms. The molecule has 128 valence electrons. The van der Waals surface area contributed by atoms with Crippen LogP contribution < -0.4 is 5.32 Å². The zero-order valence-electron chi connectivity index (χ0n) is 12.8. The molecule has 0 fully saturated rings. The smallest absolute Gasteiger partial charge is 0.196 e. The van der Waals surface area contributed by atoms with Crippen LogP contribution in [0.1, 0.15) is 15.9 Å². The van der Waals surface area contributed by atoms with Gasteiger partial charge in [-0.25, -0.2) is 13.8 Å². The summed E-state index contributed by atoms with van der Waals surface area (Å²) in [5.74, 6) is -3.56. The molecule has 0 aliphatic heterocycles. The Kier molecular flexibility index (Phi) is 4.53. The van der Waals surface area contributed by atoms with Gasteiger partial charge in [0.1, 0.15) is 11.6 Å². The number of aromatic hydroxyl groups is 1. The molecular formula is C17H13F2N3O3. The summed E-state index contributed by atoms with van der Waals surface area (Å²) in [4.78, 5) is 20.9. The number of aliphatic hydroxyl groups is 1. The lowest BCUT2D eigenvalue weighted by atomic mass is 10.0. The minimum absolute atomic E-state index is 0.0741. The van der Waals surface area contributed by atoms with Crippen LogP contribution in [0.3, 0.4) is 0 Å². The number of carbonyl (C=O) groups excluding carboxylic acids is 1. The van der Waals surface area contributed by atoms with Crippen molar-refractivity contribution < 1.29 is 23.8 Å². The molecule has 0 atom stereocenters. The Balaban J connectivity index is 2.02. The number of phenolic OH excluding ortho intramolecular Hbond substituents is 1. The fourth-order valence-electron chi connectivity index (χ4n) is 2.32. The Morgan fingerprint density at radius 3 is 2.72 bits per heavy atom. The second-order valence-corrected chi connectivity index (χ2v) is 5.23. The highest BCUT2D eigenvalue weighted by molar-refractivity contribution is 6.10. The number of benzene rings is 2. The van der Waals surface area contributed by atoms with Crippen molar-refractivity contribution in [2.45, 2.75) is 0 Å². The van der Waals surface area contributed by atoms with E-state index in [1.165, 1.54) is 24.4 Å². The van der Waals surface area contributed by atoms with E-state index in [1.54, 1.807) is 0 Å². The molecule has 0 unspecified atom stereocenters. The molecule has 0 amide bonds. The van der Waals surface area contributed by atoms with E-state index in [4.69, 9.17) is 5.11 Å². The number of fused-ring (bicyclic) bond motifs is 1. The number of carbonyl (C=O) groups is 1. The summed E-state index contributed by atoms with van der Waals surface area (Å²) in [6.07, 6.45) is 1.48. The average Bonchev–Trinajstić information content (AvgIpc) is 2.61. The maximum absolute atomic E-state index is 13.9. The average molecular weight is 345 g/mol. The van der Waals surface area contributed by atoms with Gasteiger partial charge < -0.3 is 15.5 Å². The van der Waals surface area contributed by atoms with Crippen molar-refractivity contribution in [1.82, 2.24) is 9.97 Å². The van der Waals surface area contributed by atoms with Crippen LogP contribution in [0.2, 0.25) is 0 Å². The van der Waals surface area contributed by atoms with E-state index in [0.717, 1.165) is 6.07 Å². The number of hydrogen-bond donors (Lipinski definition) is 3. The van der Waals surface area contributed by atoms with Gasteiger partial charge in [-0.05, 0) is 24.3 Å². The highest BCUT2D eigenvalue weighted by Crippen LogP contribution is 2.23.